The Morgan fingerprint density at radius 2 is 2.21 bits per heavy atom. The number of hydrogen-bond acceptors (Lipinski definition) is 4. The number of aromatic amines is 2. The number of fused-ring (bicyclic) bond motifs is 1. The fourth-order valence-corrected chi connectivity index (χ4v) is 3.24. The highest BCUT2D eigenvalue weighted by atomic mass is 127. The van der Waals surface area contributed by atoms with Crippen molar-refractivity contribution in [3.63, 3.8) is 0 Å². The van der Waals surface area contributed by atoms with Crippen LogP contribution in [-0.4, -0.2) is 19.5 Å². The Hall–Kier alpha value is -1.42. The lowest BCUT2D eigenvalue weighted by Gasteiger charge is -1.99. The molecule has 8 heteroatoms. The average molecular weight is 388 g/mol. The number of imidazole rings is 1. The molecule has 0 amide bonds. The van der Waals surface area contributed by atoms with Crippen LogP contribution in [-0.2, 0) is 6.54 Å². The van der Waals surface area contributed by atoms with Crippen molar-refractivity contribution in [2.45, 2.75) is 13.5 Å². The quantitative estimate of drug-likeness (QED) is 0.657. The van der Waals surface area contributed by atoms with E-state index in [0.29, 0.717) is 23.5 Å². The molecule has 3 aromatic heterocycles. The van der Waals surface area contributed by atoms with Crippen LogP contribution in [0.4, 0.5) is 0 Å². The topological polar surface area (TPSA) is 83.5 Å². The minimum absolute atomic E-state index is 0.331. The Bertz CT molecular complexity index is 873. The summed E-state index contributed by atoms with van der Waals surface area (Å²) in [5, 5.41) is 1.96. The van der Waals surface area contributed by atoms with Crippen LogP contribution in [0.1, 0.15) is 6.92 Å². The number of nitrogens with one attached hydrogen (secondary N) is 2. The third kappa shape index (κ3) is 2.04. The van der Waals surface area contributed by atoms with Crippen LogP contribution in [0.15, 0.2) is 21.0 Å². The zero-order valence-electron chi connectivity index (χ0n) is 9.86. The molecule has 0 spiro atoms. The highest BCUT2D eigenvalue weighted by Crippen LogP contribution is 2.25. The third-order valence-corrected chi connectivity index (χ3v) is 4.58. The van der Waals surface area contributed by atoms with Crippen molar-refractivity contribution in [2.75, 3.05) is 0 Å². The van der Waals surface area contributed by atoms with Gasteiger partial charge in [0.25, 0.3) is 5.56 Å². The first-order chi connectivity index (χ1) is 9.10. The maximum absolute atomic E-state index is 11.8. The predicted octanol–water partition coefficient (Wildman–Crippen LogP) is 1.77. The molecule has 0 saturated heterocycles. The van der Waals surface area contributed by atoms with Crippen LogP contribution in [0.25, 0.3) is 22.6 Å². The molecule has 3 rings (SSSR count). The van der Waals surface area contributed by atoms with E-state index in [1.807, 2.05) is 18.4 Å². The average Bonchev–Trinajstić information content (AvgIpc) is 2.96. The standard InChI is InChI=1S/C11H9IN4O2S/c1-2-16-9-7(10(17)15-11(16)18)13-8(14-9)5-3-6(12)19-4-5/h3-4H,2H2,1H3,(H,13,14)(H,15,17,18). The fraction of sp³-hybridized carbons (Fsp3) is 0.182. The summed E-state index contributed by atoms with van der Waals surface area (Å²) in [5.41, 5.74) is 0.775. The van der Waals surface area contributed by atoms with E-state index in [2.05, 4.69) is 37.5 Å². The number of halogens is 1. The van der Waals surface area contributed by atoms with Gasteiger partial charge in [-0.15, -0.1) is 11.3 Å². The van der Waals surface area contributed by atoms with Gasteiger partial charge in [0.15, 0.2) is 5.65 Å². The normalized spacial score (nSPS) is 11.3. The molecule has 0 bridgehead atoms. The first-order valence-electron chi connectivity index (χ1n) is 5.57. The third-order valence-electron chi connectivity index (χ3n) is 2.79. The molecule has 2 N–H and O–H groups in total. The van der Waals surface area contributed by atoms with Crippen molar-refractivity contribution in [2.24, 2.45) is 0 Å². The molecule has 3 heterocycles. The molecular formula is C11H9IN4O2S. The lowest BCUT2D eigenvalue weighted by Crippen LogP contribution is -2.29. The highest BCUT2D eigenvalue weighted by molar-refractivity contribution is 14.1. The van der Waals surface area contributed by atoms with Crippen molar-refractivity contribution in [1.29, 1.82) is 0 Å². The minimum atomic E-state index is -0.437. The highest BCUT2D eigenvalue weighted by Gasteiger charge is 2.13. The molecule has 3 aromatic rings. The van der Waals surface area contributed by atoms with Crippen LogP contribution in [0.5, 0.6) is 0 Å². The van der Waals surface area contributed by atoms with Crippen molar-refractivity contribution in [3.8, 4) is 11.4 Å². The van der Waals surface area contributed by atoms with Gasteiger partial charge in [0.2, 0.25) is 0 Å². The monoisotopic (exact) mass is 388 g/mol. The predicted molar refractivity (Wildman–Crippen MR) is 82.7 cm³/mol. The fourth-order valence-electron chi connectivity index (χ4n) is 1.91. The maximum atomic E-state index is 11.8. The van der Waals surface area contributed by atoms with Gasteiger partial charge in [-0.05, 0) is 35.6 Å². The first kappa shape index (κ1) is 12.6. The molecule has 0 aromatic carbocycles. The Labute approximate surface area is 124 Å². The summed E-state index contributed by atoms with van der Waals surface area (Å²) in [6.45, 7) is 2.29. The molecule has 98 valence electrons. The maximum Gasteiger partial charge on any atom is 0.330 e. The number of H-pyrrole nitrogens is 2. The van der Waals surface area contributed by atoms with Gasteiger partial charge in [0.1, 0.15) is 11.3 Å². The Kier molecular flexibility index (Phi) is 3.05. The molecule has 0 radical (unpaired) electrons. The van der Waals surface area contributed by atoms with Gasteiger partial charge in [0, 0.05) is 17.5 Å². The van der Waals surface area contributed by atoms with Crippen molar-refractivity contribution < 1.29 is 0 Å². The second-order valence-electron chi connectivity index (χ2n) is 3.93. The summed E-state index contributed by atoms with van der Waals surface area (Å²) in [6.07, 6.45) is 0. The van der Waals surface area contributed by atoms with Crippen molar-refractivity contribution in [3.05, 3.63) is 35.2 Å². The number of hydrogen-bond donors (Lipinski definition) is 2. The minimum Gasteiger partial charge on any atom is -0.332 e. The summed E-state index contributed by atoms with van der Waals surface area (Å²) in [6, 6.07) is 1.98. The second-order valence-corrected chi connectivity index (χ2v) is 6.73. The second kappa shape index (κ2) is 4.60. The number of thiophene rings is 1. The lowest BCUT2D eigenvalue weighted by molar-refractivity contribution is 0.720. The molecule has 19 heavy (non-hydrogen) atoms. The molecule has 6 nitrogen and oxygen atoms in total. The van der Waals surface area contributed by atoms with E-state index in [9.17, 15) is 9.59 Å². The summed E-state index contributed by atoms with van der Waals surface area (Å²) in [7, 11) is 0. The van der Waals surface area contributed by atoms with E-state index >= 15 is 0 Å². The van der Waals surface area contributed by atoms with E-state index in [4.69, 9.17) is 0 Å². The molecule has 0 unspecified atom stereocenters. The van der Waals surface area contributed by atoms with E-state index in [-0.39, 0.29) is 0 Å². The lowest BCUT2D eigenvalue weighted by atomic mass is 10.3. The molecule has 0 saturated carbocycles. The van der Waals surface area contributed by atoms with E-state index in [1.54, 1.807) is 11.3 Å². The number of nitrogens with zero attached hydrogens (tertiary/aromatic N) is 2. The summed E-state index contributed by atoms with van der Waals surface area (Å²) in [4.78, 5) is 33.1. The van der Waals surface area contributed by atoms with Gasteiger partial charge in [0.05, 0.1) is 2.88 Å². The molecule has 0 atom stereocenters. The summed E-state index contributed by atoms with van der Waals surface area (Å²) in [5.74, 6) is 0.604. The molecule has 0 aliphatic rings. The van der Waals surface area contributed by atoms with Crippen LogP contribution < -0.4 is 11.2 Å². The first-order valence-corrected chi connectivity index (χ1v) is 7.53. The van der Waals surface area contributed by atoms with Gasteiger partial charge in [-0.2, -0.15) is 0 Å². The van der Waals surface area contributed by atoms with Crippen LogP contribution in [0.2, 0.25) is 0 Å². The smallest absolute Gasteiger partial charge is 0.330 e. The SMILES string of the molecule is CCn1c(=O)[nH]c(=O)c2[nH]c(-c3csc(I)c3)nc21. The molecule has 0 fully saturated rings. The number of aromatic nitrogens is 4. The van der Waals surface area contributed by atoms with Gasteiger partial charge in [-0.25, -0.2) is 9.78 Å². The zero-order valence-corrected chi connectivity index (χ0v) is 12.8. The van der Waals surface area contributed by atoms with Crippen molar-refractivity contribution >= 4 is 45.1 Å². The largest absolute Gasteiger partial charge is 0.332 e. The Morgan fingerprint density at radius 1 is 1.42 bits per heavy atom. The molecule has 0 aliphatic heterocycles. The molecular weight excluding hydrogens is 379 g/mol. The van der Waals surface area contributed by atoms with E-state index < -0.39 is 11.2 Å². The van der Waals surface area contributed by atoms with E-state index in [1.165, 1.54) is 4.57 Å². The molecule has 0 aliphatic carbocycles. The number of aryl methyl sites for hydroxylation is 1. The van der Waals surface area contributed by atoms with Crippen LogP contribution >= 0.6 is 33.9 Å². The van der Waals surface area contributed by atoms with Gasteiger partial charge >= 0.3 is 5.69 Å². The van der Waals surface area contributed by atoms with Gasteiger partial charge in [-0.1, -0.05) is 0 Å². The van der Waals surface area contributed by atoms with Gasteiger partial charge < -0.3 is 4.98 Å². The Balaban J connectivity index is 2.34. The van der Waals surface area contributed by atoms with Crippen molar-refractivity contribution in [1.82, 2.24) is 19.5 Å². The Morgan fingerprint density at radius 3 is 2.84 bits per heavy atom. The zero-order chi connectivity index (χ0) is 13.6. The number of rotatable bonds is 2. The van der Waals surface area contributed by atoms with Crippen LogP contribution in [0.3, 0.4) is 0 Å². The summed E-state index contributed by atoms with van der Waals surface area (Å²) >= 11 is 3.82. The summed E-state index contributed by atoms with van der Waals surface area (Å²) < 4.78 is 2.57. The van der Waals surface area contributed by atoms with E-state index in [0.717, 1.165) is 8.45 Å². The van der Waals surface area contributed by atoms with Crippen LogP contribution in [0, 0.1) is 2.88 Å². The van der Waals surface area contributed by atoms with Gasteiger partial charge in [-0.3, -0.25) is 14.3 Å².